The first-order valence-corrected chi connectivity index (χ1v) is 6.41. The molecule has 1 aliphatic rings. The maximum absolute atomic E-state index is 3.51. The number of hydrogen-bond donors (Lipinski definition) is 1. The minimum absolute atomic E-state index is 0.369. The van der Waals surface area contributed by atoms with E-state index in [1.807, 2.05) is 11.3 Å². The van der Waals surface area contributed by atoms with Crippen LogP contribution in [-0.2, 0) is 0 Å². The Morgan fingerprint density at radius 2 is 2.20 bits per heavy atom. The molecule has 84 valence electrons. The normalized spacial score (nSPS) is 21.4. The Kier molecular flexibility index (Phi) is 3.03. The van der Waals surface area contributed by atoms with Gasteiger partial charge < -0.3 is 10.2 Å². The quantitative estimate of drug-likeness (QED) is 0.788. The topological polar surface area (TPSA) is 15.3 Å². The lowest BCUT2D eigenvalue weighted by Gasteiger charge is -2.29. The first-order chi connectivity index (χ1) is 7.07. The van der Waals surface area contributed by atoms with Gasteiger partial charge in [0.2, 0.25) is 0 Å². The van der Waals surface area contributed by atoms with E-state index < -0.39 is 0 Å². The number of thiophene rings is 1. The largest absolute Gasteiger partial charge is 0.362 e. The molecular weight excluding hydrogens is 204 g/mol. The molecule has 1 aromatic heterocycles. The van der Waals surface area contributed by atoms with Crippen molar-refractivity contribution in [2.24, 2.45) is 5.41 Å². The van der Waals surface area contributed by atoms with Gasteiger partial charge in [-0.1, -0.05) is 13.8 Å². The fourth-order valence-electron chi connectivity index (χ4n) is 2.07. The highest BCUT2D eigenvalue weighted by Crippen LogP contribution is 2.29. The predicted molar refractivity (Wildman–Crippen MR) is 67.9 cm³/mol. The molecule has 1 aromatic rings. The number of aryl methyl sites for hydroxylation is 1. The molecule has 15 heavy (non-hydrogen) atoms. The van der Waals surface area contributed by atoms with E-state index >= 15 is 0 Å². The molecule has 0 bridgehead atoms. The van der Waals surface area contributed by atoms with E-state index in [1.54, 1.807) is 0 Å². The van der Waals surface area contributed by atoms with Crippen LogP contribution in [0.25, 0.3) is 0 Å². The van der Waals surface area contributed by atoms with Crippen molar-refractivity contribution in [1.82, 2.24) is 5.32 Å². The summed E-state index contributed by atoms with van der Waals surface area (Å²) in [6.07, 6.45) is 0. The molecule has 3 heteroatoms. The van der Waals surface area contributed by atoms with Gasteiger partial charge in [-0.25, -0.2) is 0 Å². The number of anilines is 1. The average Bonchev–Trinajstić information content (AvgIpc) is 2.49. The van der Waals surface area contributed by atoms with E-state index in [0.29, 0.717) is 5.41 Å². The Bertz CT molecular complexity index is 330. The molecule has 0 saturated carbocycles. The zero-order chi connectivity index (χ0) is 10.9. The number of nitrogens with one attached hydrogen (secondary N) is 1. The zero-order valence-electron chi connectivity index (χ0n) is 9.84. The van der Waals surface area contributed by atoms with Gasteiger partial charge in [0.05, 0.1) is 5.00 Å². The van der Waals surface area contributed by atoms with E-state index in [-0.39, 0.29) is 0 Å². The van der Waals surface area contributed by atoms with Gasteiger partial charge >= 0.3 is 0 Å². The van der Waals surface area contributed by atoms with Gasteiger partial charge in [0.15, 0.2) is 0 Å². The average molecular weight is 224 g/mol. The molecule has 1 N–H and O–H groups in total. The Balaban J connectivity index is 2.14. The fraction of sp³-hybridized carbons (Fsp3) is 0.667. The minimum atomic E-state index is 0.369. The third-order valence-corrected chi connectivity index (χ3v) is 3.88. The Labute approximate surface area is 96.3 Å². The highest BCUT2D eigenvalue weighted by atomic mass is 32.1. The second-order valence-electron chi connectivity index (χ2n) is 5.15. The molecule has 0 spiro atoms. The van der Waals surface area contributed by atoms with Crippen molar-refractivity contribution in [2.45, 2.75) is 20.8 Å². The Morgan fingerprint density at radius 1 is 1.40 bits per heavy atom. The van der Waals surface area contributed by atoms with E-state index in [0.717, 1.165) is 26.2 Å². The van der Waals surface area contributed by atoms with E-state index in [9.17, 15) is 0 Å². The van der Waals surface area contributed by atoms with Crippen LogP contribution in [-0.4, -0.2) is 26.2 Å². The molecule has 0 amide bonds. The standard InChI is InChI=1S/C12H20N2S/c1-10-4-5-11(15-10)14-7-6-13-8-12(2,3)9-14/h4-5,13H,6-9H2,1-3H3. The van der Waals surface area contributed by atoms with Crippen molar-refractivity contribution in [1.29, 1.82) is 0 Å². The van der Waals surface area contributed by atoms with Gasteiger partial charge in [0, 0.05) is 31.1 Å². The molecule has 0 radical (unpaired) electrons. The molecule has 1 fully saturated rings. The van der Waals surface area contributed by atoms with E-state index in [1.165, 1.54) is 9.88 Å². The van der Waals surface area contributed by atoms with Crippen LogP contribution in [0.5, 0.6) is 0 Å². The summed E-state index contributed by atoms with van der Waals surface area (Å²) in [7, 11) is 0. The van der Waals surface area contributed by atoms with Crippen LogP contribution < -0.4 is 10.2 Å². The number of rotatable bonds is 1. The van der Waals surface area contributed by atoms with Crippen molar-refractivity contribution in [2.75, 3.05) is 31.1 Å². The highest BCUT2D eigenvalue weighted by Gasteiger charge is 2.24. The van der Waals surface area contributed by atoms with Gasteiger partial charge in [0.1, 0.15) is 0 Å². The summed E-state index contributed by atoms with van der Waals surface area (Å²) in [4.78, 5) is 3.91. The van der Waals surface area contributed by atoms with Gasteiger partial charge in [-0.05, 0) is 24.5 Å². The fourth-order valence-corrected chi connectivity index (χ4v) is 2.96. The molecule has 0 aliphatic carbocycles. The summed E-state index contributed by atoms with van der Waals surface area (Å²) in [5.41, 5.74) is 0.369. The Hall–Kier alpha value is -0.540. The second kappa shape index (κ2) is 4.14. The summed E-state index contributed by atoms with van der Waals surface area (Å²) in [5.74, 6) is 0. The molecule has 1 aliphatic heterocycles. The maximum atomic E-state index is 3.51. The lowest BCUT2D eigenvalue weighted by Crippen LogP contribution is -2.34. The van der Waals surface area contributed by atoms with Crippen molar-refractivity contribution in [3.8, 4) is 0 Å². The monoisotopic (exact) mass is 224 g/mol. The smallest absolute Gasteiger partial charge is 0.0911 e. The number of nitrogens with zero attached hydrogens (tertiary/aromatic N) is 1. The summed E-state index contributed by atoms with van der Waals surface area (Å²) in [5, 5.41) is 4.93. The minimum Gasteiger partial charge on any atom is -0.362 e. The van der Waals surface area contributed by atoms with Crippen molar-refractivity contribution in [3.63, 3.8) is 0 Å². The van der Waals surface area contributed by atoms with Crippen LogP contribution in [0, 0.1) is 12.3 Å². The molecule has 2 rings (SSSR count). The summed E-state index contributed by atoms with van der Waals surface area (Å²) >= 11 is 1.90. The van der Waals surface area contributed by atoms with Crippen molar-refractivity contribution < 1.29 is 0 Å². The third-order valence-electron chi connectivity index (χ3n) is 2.82. The molecule has 2 heterocycles. The van der Waals surface area contributed by atoms with Crippen LogP contribution in [0.3, 0.4) is 0 Å². The lowest BCUT2D eigenvalue weighted by molar-refractivity contribution is 0.371. The van der Waals surface area contributed by atoms with Gasteiger partial charge in [-0.2, -0.15) is 0 Å². The van der Waals surface area contributed by atoms with Crippen molar-refractivity contribution >= 4 is 16.3 Å². The summed E-state index contributed by atoms with van der Waals surface area (Å²) < 4.78 is 0. The van der Waals surface area contributed by atoms with E-state index in [4.69, 9.17) is 0 Å². The van der Waals surface area contributed by atoms with Gasteiger partial charge in [-0.3, -0.25) is 0 Å². The summed E-state index contributed by atoms with van der Waals surface area (Å²) in [6.45, 7) is 11.3. The van der Waals surface area contributed by atoms with Crippen LogP contribution >= 0.6 is 11.3 Å². The van der Waals surface area contributed by atoms with Crippen LogP contribution in [0.1, 0.15) is 18.7 Å². The second-order valence-corrected chi connectivity index (χ2v) is 6.41. The zero-order valence-corrected chi connectivity index (χ0v) is 10.7. The maximum Gasteiger partial charge on any atom is 0.0911 e. The van der Waals surface area contributed by atoms with Gasteiger partial charge in [-0.15, -0.1) is 11.3 Å². The van der Waals surface area contributed by atoms with Crippen LogP contribution in [0.15, 0.2) is 12.1 Å². The van der Waals surface area contributed by atoms with Crippen molar-refractivity contribution in [3.05, 3.63) is 17.0 Å². The number of hydrogen-bond acceptors (Lipinski definition) is 3. The van der Waals surface area contributed by atoms with Crippen LogP contribution in [0.4, 0.5) is 5.00 Å². The molecular formula is C12H20N2S. The third kappa shape index (κ3) is 2.73. The Morgan fingerprint density at radius 3 is 2.87 bits per heavy atom. The molecule has 1 saturated heterocycles. The summed E-state index contributed by atoms with van der Waals surface area (Å²) in [6, 6.07) is 4.46. The lowest BCUT2D eigenvalue weighted by atomic mass is 9.93. The SMILES string of the molecule is Cc1ccc(N2CCNCC(C)(C)C2)s1. The molecule has 0 unspecified atom stereocenters. The first kappa shape index (κ1) is 11.0. The predicted octanol–water partition coefficient (Wildman–Crippen LogP) is 2.49. The van der Waals surface area contributed by atoms with Gasteiger partial charge in [0.25, 0.3) is 0 Å². The molecule has 2 nitrogen and oxygen atoms in total. The van der Waals surface area contributed by atoms with E-state index in [2.05, 4.69) is 43.1 Å². The highest BCUT2D eigenvalue weighted by molar-refractivity contribution is 7.16. The molecule has 0 aromatic carbocycles. The van der Waals surface area contributed by atoms with Crippen LogP contribution in [0.2, 0.25) is 0 Å². The molecule has 0 atom stereocenters. The first-order valence-electron chi connectivity index (χ1n) is 5.59.